The van der Waals surface area contributed by atoms with Gasteiger partial charge in [-0.3, -0.25) is 4.79 Å². The normalized spacial score (nSPS) is 15.0. The number of carbonyl (C=O) groups is 1. The fraction of sp³-hybridized carbons (Fsp3) is 0.588. The molecule has 44 heavy (non-hydrogen) atoms. The molecule has 0 spiro atoms. The van der Waals surface area contributed by atoms with Crippen LogP contribution in [0.2, 0.25) is 5.02 Å². The molecular weight excluding hydrogens is 587 g/mol. The summed E-state index contributed by atoms with van der Waals surface area (Å²) in [4.78, 5) is 23.1. The summed E-state index contributed by atoms with van der Waals surface area (Å²) in [5, 5.41) is 2.99. The third kappa shape index (κ3) is 8.27. The number of likely N-dealkylation sites (tertiary alicyclic amines) is 1. The Balaban J connectivity index is 1.73. The standard InChI is InChI=1S/C34H47ClF3N5O/c1-23(2)21-42(22-24(3)4)31(44)33(5,6)25-11-13-29-30(19-25)43(18-10-17-41-15-8-7-9-16-41)32(40-29)39-28-14-12-26(35)20-27(28)34(36,37)38/h11-14,19-20,23-24H,7-10,15-18,21-22H2,1-6H3,(H,39,40). The van der Waals surface area contributed by atoms with Crippen LogP contribution in [-0.2, 0) is 22.9 Å². The van der Waals surface area contributed by atoms with Gasteiger partial charge in [-0.25, -0.2) is 4.98 Å². The van der Waals surface area contributed by atoms with E-state index in [9.17, 15) is 18.0 Å². The molecule has 0 saturated carbocycles. The smallest absolute Gasteiger partial charge is 0.341 e. The van der Waals surface area contributed by atoms with Gasteiger partial charge in [-0.1, -0.05) is 51.8 Å². The number of halogens is 4. The summed E-state index contributed by atoms with van der Waals surface area (Å²) in [5.74, 6) is 1.06. The number of amides is 1. The Bertz CT molecular complexity index is 1420. The highest BCUT2D eigenvalue weighted by atomic mass is 35.5. The number of rotatable bonds is 12. The van der Waals surface area contributed by atoms with Crippen molar-refractivity contribution in [3.63, 3.8) is 0 Å². The predicted molar refractivity (Wildman–Crippen MR) is 174 cm³/mol. The molecule has 10 heteroatoms. The number of nitrogens with one attached hydrogen (secondary N) is 1. The maximum Gasteiger partial charge on any atom is 0.418 e. The first-order valence-corrected chi connectivity index (χ1v) is 16.2. The minimum absolute atomic E-state index is 0.0124. The minimum atomic E-state index is -4.59. The molecule has 1 fully saturated rings. The molecule has 0 atom stereocenters. The molecular formula is C34H47ClF3N5O. The molecule has 1 aliphatic rings. The van der Waals surface area contributed by atoms with Gasteiger partial charge in [0.25, 0.3) is 0 Å². The van der Waals surface area contributed by atoms with Gasteiger partial charge >= 0.3 is 6.18 Å². The Morgan fingerprint density at radius 2 is 1.64 bits per heavy atom. The van der Waals surface area contributed by atoms with Crippen LogP contribution in [0.15, 0.2) is 36.4 Å². The zero-order valence-corrected chi connectivity index (χ0v) is 27.7. The Kier molecular flexibility index (Phi) is 10.9. The summed E-state index contributed by atoms with van der Waals surface area (Å²) in [7, 11) is 0. The van der Waals surface area contributed by atoms with Crippen LogP contribution >= 0.6 is 11.6 Å². The van der Waals surface area contributed by atoms with E-state index >= 15 is 0 Å². The molecule has 1 aromatic heterocycles. The molecule has 0 radical (unpaired) electrons. The van der Waals surface area contributed by atoms with Crippen LogP contribution in [0.3, 0.4) is 0 Å². The Labute approximate surface area is 264 Å². The van der Waals surface area contributed by atoms with Crippen LogP contribution in [0.25, 0.3) is 11.0 Å². The van der Waals surface area contributed by atoms with Crippen molar-refractivity contribution < 1.29 is 18.0 Å². The van der Waals surface area contributed by atoms with E-state index in [1.54, 1.807) is 0 Å². The van der Waals surface area contributed by atoms with E-state index in [1.165, 1.54) is 31.4 Å². The van der Waals surface area contributed by atoms with Gasteiger partial charge in [-0.05, 0) is 100 Å². The molecule has 1 amide bonds. The highest BCUT2D eigenvalue weighted by Gasteiger charge is 2.36. The number of aryl methyl sites for hydroxylation is 1. The molecule has 0 unspecified atom stereocenters. The van der Waals surface area contributed by atoms with Crippen molar-refractivity contribution in [2.75, 3.05) is 38.0 Å². The molecule has 0 aliphatic carbocycles. The summed E-state index contributed by atoms with van der Waals surface area (Å²) in [6.07, 6.45) is -0.143. The lowest BCUT2D eigenvalue weighted by atomic mass is 9.82. The first kappa shape index (κ1) is 34.1. The molecule has 2 aromatic carbocycles. The molecule has 1 saturated heterocycles. The van der Waals surface area contributed by atoms with E-state index in [1.807, 2.05) is 41.5 Å². The number of piperidine rings is 1. The Morgan fingerprint density at radius 3 is 2.25 bits per heavy atom. The lowest BCUT2D eigenvalue weighted by molar-refractivity contribution is -0.138. The average Bonchev–Trinajstić information content (AvgIpc) is 3.28. The van der Waals surface area contributed by atoms with Gasteiger partial charge < -0.3 is 19.7 Å². The monoisotopic (exact) mass is 633 g/mol. The summed E-state index contributed by atoms with van der Waals surface area (Å²) < 4.78 is 43.8. The summed E-state index contributed by atoms with van der Waals surface area (Å²) in [6, 6.07) is 9.49. The summed E-state index contributed by atoms with van der Waals surface area (Å²) in [5.41, 5.74) is 0.517. The van der Waals surface area contributed by atoms with Crippen LogP contribution < -0.4 is 5.32 Å². The van der Waals surface area contributed by atoms with Gasteiger partial charge in [0.05, 0.1) is 27.7 Å². The van der Waals surface area contributed by atoms with Crippen LogP contribution in [0.5, 0.6) is 0 Å². The maximum absolute atomic E-state index is 14.0. The van der Waals surface area contributed by atoms with E-state index in [2.05, 4.69) is 37.9 Å². The maximum atomic E-state index is 14.0. The minimum Gasteiger partial charge on any atom is -0.341 e. The predicted octanol–water partition coefficient (Wildman–Crippen LogP) is 8.75. The molecule has 242 valence electrons. The van der Waals surface area contributed by atoms with Crippen molar-refractivity contribution in [3.05, 3.63) is 52.5 Å². The van der Waals surface area contributed by atoms with E-state index < -0.39 is 17.2 Å². The lowest BCUT2D eigenvalue weighted by Crippen LogP contribution is -2.46. The van der Waals surface area contributed by atoms with Gasteiger partial charge in [-0.15, -0.1) is 0 Å². The largest absolute Gasteiger partial charge is 0.418 e. The number of carbonyl (C=O) groups excluding carboxylic acids is 1. The molecule has 2 heterocycles. The SMILES string of the molecule is CC(C)CN(CC(C)C)C(=O)C(C)(C)c1ccc2nc(Nc3ccc(Cl)cc3C(F)(F)F)n(CCCN3CCCCC3)c2c1. The topological polar surface area (TPSA) is 53.4 Å². The number of alkyl halides is 3. The number of anilines is 2. The van der Waals surface area contributed by atoms with Crippen molar-refractivity contribution in [2.24, 2.45) is 11.8 Å². The van der Waals surface area contributed by atoms with Crippen molar-refractivity contribution >= 4 is 40.2 Å². The zero-order valence-electron chi connectivity index (χ0n) is 26.9. The average molecular weight is 634 g/mol. The van der Waals surface area contributed by atoms with Crippen LogP contribution in [0.4, 0.5) is 24.8 Å². The molecule has 0 bridgehead atoms. The van der Waals surface area contributed by atoms with Crippen molar-refractivity contribution in [1.29, 1.82) is 0 Å². The molecule has 3 aromatic rings. The number of fused-ring (bicyclic) bond motifs is 1. The van der Waals surface area contributed by atoms with Gasteiger partial charge in [0.2, 0.25) is 11.9 Å². The molecule has 1 aliphatic heterocycles. The van der Waals surface area contributed by atoms with Gasteiger partial charge in [0.15, 0.2) is 0 Å². The second-order valence-electron chi connectivity index (χ2n) is 13.5. The molecule has 1 N–H and O–H groups in total. The molecule has 4 rings (SSSR count). The number of imidazole rings is 1. The van der Waals surface area contributed by atoms with E-state index in [4.69, 9.17) is 16.6 Å². The van der Waals surface area contributed by atoms with Gasteiger partial charge in [0.1, 0.15) is 0 Å². The summed E-state index contributed by atoms with van der Waals surface area (Å²) >= 11 is 5.94. The van der Waals surface area contributed by atoms with Crippen LogP contribution in [0, 0.1) is 11.8 Å². The first-order chi connectivity index (χ1) is 20.7. The summed E-state index contributed by atoms with van der Waals surface area (Å²) in [6.45, 7) is 17.3. The number of nitrogens with zero attached hydrogens (tertiary/aromatic N) is 4. The zero-order chi connectivity index (χ0) is 32.2. The van der Waals surface area contributed by atoms with Crippen molar-refractivity contribution in [3.8, 4) is 0 Å². The lowest BCUT2D eigenvalue weighted by Gasteiger charge is -2.34. The highest BCUT2D eigenvalue weighted by molar-refractivity contribution is 6.30. The molecule has 6 nitrogen and oxygen atoms in total. The third-order valence-corrected chi connectivity index (χ3v) is 8.54. The second-order valence-corrected chi connectivity index (χ2v) is 13.9. The highest BCUT2D eigenvalue weighted by Crippen LogP contribution is 2.38. The fourth-order valence-electron chi connectivity index (χ4n) is 6.09. The number of hydrogen-bond acceptors (Lipinski definition) is 4. The van der Waals surface area contributed by atoms with Crippen LogP contribution in [0.1, 0.15) is 78.4 Å². The second kappa shape index (κ2) is 14.1. The van der Waals surface area contributed by atoms with Gasteiger partial charge in [0, 0.05) is 24.7 Å². The number of hydrogen-bond donors (Lipinski definition) is 1. The number of benzene rings is 2. The van der Waals surface area contributed by atoms with E-state index in [0.29, 0.717) is 42.9 Å². The quantitative estimate of drug-likeness (QED) is 0.217. The first-order valence-electron chi connectivity index (χ1n) is 15.8. The van der Waals surface area contributed by atoms with E-state index in [-0.39, 0.29) is 16.6 Å². The third-order valence-electron chi connectivity index (χ3n) is 8.30. The van der Waals surface area contributed by atoms with Crippen molar-refractivity contribution in [2.45, 2.75) is 85.4 Å². The van der Waals surface area contributed by atoms with Crippen molar-refractivity contribution in [1.82, 2.24) is 19.4 Å². The number of aromatic nitrogens is 2. The van der Waals surface area contributed by atoms with Gasteiger partial charge in [-0.2, -0.15) is 13.2 Å². The Hall–Kier alpha value is -2.78. The van der Waals surface area contributed by atoms with Crippen LogP contribution in [-0.4, -0.2) is 58.0 Å². The van der Waals surface area contributed by atoms with E-state index in [0.717, 1.165) is 43.2 Å². The fourth-order valence-corrected chi connectivity index (χ4v) is 6.26. The Morgan fingerprint density at radius 1 is 0.977 bits per heavy atom.